The summed E-state index contributed by atoms with van der Waals surface area (Å²) in [5.41, 5.74) is 7.62. The van der Waals surface area contributed by atoms with Gasteiger partial charge in [-0.1, -0.05) is 74.0 Å². The molecule has 0 aliphatic carbocycles. The van der Waals surface area contributed by atoms with Crippen LogP contribution in [0.4, 0.5) is 5.69 Å². The van der Waals surface area contributed by atoms with Crippen LogP contribution >= 0.6 is 12.2 Å². The average Bonchev–Trinajstić information content (AvgIpc) is 2.73. The number of hydrogen-bond donors (Lipinski definition) is 0. The number of aryl methyl sites for hydroxylation is 3. The van der Waals surface area contributed by atoms with Gasteiger partial charge < -0.3 is 0 Å². The van der Waals surface area contributed by atoms with Crippen molar-refractivity contribution in [2.75, 3.05) is 0 Å². The Morgan fingerprint density at radius 1 is 0.778 bits per heavy atom. The van der Waals surface area contributed by atoms with Crippen LogP contribution in [0.15, 0.2) is 77.8 Å². The van der Waals surface area contributed by atoms with E-state index in [1.807, 2.05) is 12.1 Å². The average molecular weight is 372 g/mol. The summed E-state index contributed by atoms with van der Waals surface area (Å²) in [6.07, 6.45) is 5.69. The monoisotopic (exact) mass is 371 g/mol. The van der Waals surface area contributed by atoms with Crippen molar-refractivity contribution in [3.8, 4) is 11.1 Å². The standard InChI is InChI=1S/C25H25NS/c1-2-3-6-20-9-15-23(16-10-20)25-8-5-4-7-22(25)14-11-21-12-17-24(18-13-21)26-19-27/h4-5,7-10,12-13,15-18H,2-3,6,11,14H2,1H3. The summed E-state index contributed by atoms with van der Waals surface area (Å²) in [5, 5.41) is 2.41. The van der Waals surface area contributed by atoms with E-state index >= 15 is 0 Å². The molecule has 3 rings (SSSR count). The lowest BCUT2D eigenvalue weighted by molar-refractivity contribution is 0.795. The van der Waals surface area contributed by atoms with Crippen LogP contribution < -0.4 is 0 Å². The van der Waals surface area contributed by atoms with Crippen molar-refractivity contribution in [1.29, 1.82) is 0 Å². The number of aliphatic imine (C=N–C) groups is 1. The molecule has 2 heteroatoms. The Labute approximate surface area is 167 Å². The molecular weight excluding hydrogens is 346 g/mol. The third kappa shape index (κ3) is 5.47. The predicted octanol–water partition coefficient (Wildman–Crippen LogP) is 7.22. The quantitative estimate of drug-likeness (QED) is 0.301. The van der Waals surface area contributed by atoms with E-state index in [0.29, 0.717) is 0 Å². The van der Waals surface area contributed by atoms with E-state index in [4.69, 9.17) is 0 Å². The van der Waals surface area contributed by atoms with Crippen LogP contribution in [-0.4, -0.2) is 5.16 Å². The van der Waals surface area contributed by atoms with E-state index in [1.54, 1.807) is 0 Å². The fourth-order valence-corrected chi connectivity index (χ4v) is 3.43. The molecule has 0 heterocycles. The molecule has 0 unspecified atom stereocenters. The van der Waals surface area contributed by atoms with Gasteiger partial charge in [0.1, 0.15) is 0 Å². The molecule has 0 bridgehead atoms. The molecule has 0 saturated carbocycles. The molecule has 136 valence electrons. The van der Waals surface area contributed by atoms with Crippen molar-refractivity contribution < 1.29 is 0 Å². The highest BCUT2D eigenvalue weighted by Crippen LogP contribution is 2.26. The maximum Gasteiger partial charge on any atom is 0.0739 e. The zero-order valence-corrected chi connectivity index (χ0v) is 16.6. The highest BCUT2D eigenvalue weighted by molar-refractivity contribution is 7.78. The van der Waals surface area contributed by atoms with Gasteiger partial charge in [-0.15, -0.1) is 0 Å². The summed E-state index contributed by atoms with van der Waals surface area (Å²) in [6, 6.07) is 26.0. The Balaban J connectivity index is 1.72. The molecule has 0 radical (unpaired) electrons. The minimum Gasteiger partial charge on any atom is -0.195 e. The van der Waals surface area contributed by atoms with Crippen LogP contribution in [-0.2, 0) is 19.3 Å². The van der Waals surface area contributed by atoms with E-state index in [9.17, 15) is 0 Å². The second kappa shape index (κ2) is 9.97. The van der Waals surface area contributed by atoms with Crippen molar-refractivity contribution in [2.45, 2.75) is 39.0 Å². The molecule has 0 aliphatic heterocycles. The predicted molar refractivity (Wildman–Crippen MR) is 119 cm³/mol. The molecule has 0 saturated heterocycles. The van der Waals surface area contributed by atoms with Crippen molar-refractivity contribution in [2.24, 2.45) is 4.99 Å². The van der Waals surface area contributed by atoms with Gasteiger partial charge in [0.15, 0.2) is 0 Å². The fourth-order valence-electron chi connectivity index (χ4n) is 3.32. The van der Waals surface area contributed by atoms with Crippen molar-refractivity contribution >= 4 is 23.1 Å². The van der Waals surface area contributed by atoms with E-state index in [-0.39, 0.29) is 0 Å². The Bertz CT molecular complexity index is 904. The Morgan fingerprint density at radius 2 is 1.44 bits per heavy atom. The maximum atomic E-state index is 4.65. The number of unbranched alkanes of at least 4 members (excludes halogenated alkanes) is 1. The highest BCUT2D eigenvalue weighted by Gasteiger charge is 2.05. The van der Waals surface area contributed by atoms with Crippen LogP contribution in [0.3, 0.4) is 0 Å². The molecule has 3 aromatic rings. The van der Waals surface area contributed by atoms with E-state index in [2.05, 4.69) is 90.0 Å². The van der Waals surface area contributed by atoms with Crippen LogP contribution in [0.2, 0.25) is 0 Å². The van der Waals surface area contributed by atoms with Gasteiger partial charge in [-0.05, 0) is 77.9 Å². The first kappa shape index (κ1) is 19.2. The van der Waals surface area contributed by atoms with E-state index in [1.165, 1.54) is 47.1 Å². The second-order valence-corrected chi connectivity index (χ2v) is 7.01. The Kier molecular flexibility index (Phi) is 7.10. The lowest BCUT2D eigenvalue weighted by Crippen LogP contribution is -1.94. The zero-order chi connectivity index (χ0) is 18.9. The lowest BCUT2D eigenvalue weighted by Gasteiger charge is -2.11. The van der Waals surface area contributed by atoms with Gasteiger partial charge in [-0.3, -0.25) is 0 Å². The van der Waals surface area contributed by atoms with E-state index in [0.717, 1.165) is 18.5 Å². The molecule has 0 N–H and O–H groups in total. The minimum atomic E-state index is 0.859. The summed E-state index contributed by atoms with van der Waals surface area (Å²) >= 11 is 4.65. The molecule has 0 amide bonds. The van der Waals surface area contributed by atoms with Gasteiger partial charge in [-0.2, -0.15) is 4.99 Å². The number of benzene rings is 3. The SMILES string of the molecule is CCCCc1ccc(-c2ccccc2CCc2ccc(N=C=S)cc2)cc1. The molecular formula is C25H25NS. The summed E-state index contributed by atoms with van der Waals surface area (Å²) < 4.78 is 0. The molecule has 0 aromatic heterocycles. The number of rotatable bonds is 8. The third-order valence-corrected chi connectivity index (χ3v) is 4.99. The van der Waals surface area contributed by atoms with Gasteiger partial charge in [0, 0.05) is 0 Å². The lowest BCUT2D eigenvalue weighted by atomic mass is 9.94. The van der Waals surface area contributed by atoms with Crippen LogP contribution in [0.5, 0.6) is 0 Å². The van der Waals surface area contributed by atoms with Gasteiger partial charge in [0.2, 0.25) is 0 Å². The first-order valence-corrected chi connectivity index (χ1v) is 10.0. The topological polar surface area (TPSA) is 12.4 Å². The van der Waals surface area contributed by atoms with Crippen LogP contribution in [0.1, 0.15) is 36.5 Å². The maximum absolute atomic E-state index is 4.65. The summed E-state index contributed by atoms with van der Waals surface area (Å²) in [7, 11) is 0. The van der Waals surface area contributed by atoms with Crippen molar-refractivity contribution in [3.63, 3.8) is 0 Å². The minimum absolute atomic E-state index is 0.859. The van der Waals surface area contributed by atoms with Crippen LogP contribution in [0, 0.1) is 0 Å². The van der Waals surface area contributed by atoms with Gasteiger partial charge in [0.05, 0.1) is 10.8 Å². The number of nitrogens with zero attached hydrogens (tertiary/aromatic N) is 1. The van der Waals surface area contributed by atoms with Gasteiger partial charge in [0.25, 0.3) is 0 Å². The fraction of sp³-hybridized carbons (Fsp3) is 0.240. The number of isothiocyanates is 1. The summed E-state index contributed by atoms with van der Waals surface area (Å²) in [4.78, 5) is 4.01. The highest BCUT2D eigenvalue weighted by atomic mass is 32.1. The first-order chi connectivity index (χ1) is 13.3. The number of hydrogen-bond acceptors (Lipinski definition) is 2. The third-order valence-electron chi connectivity index (χ3n) is 4.90. The summed E-state index contributed by atoms with van der Waals surface area (Å²) in [6.45, 7) is 2.24. The molecule has 0 spiro atoms. The summed E-state index contributed by atoms with van der Waals surface area (Å²) in [5.74, 6) is 0. The largest absolute Gasteiger partial charge is 0.195 e. The molecule has 0 aliphatic rings. The smallest absolute Gasteiger partial charge is 0.0739 e. The first-order valence-electron chi connectivity index (χ1n) is 9.64. The zero-order valence-electron chi connectivity index (χ0n) is 15.8. The molecule has 3 aromatic carbocycles. The van der Waals surface area contributed by atoms with Gasteiger partial charge >= 0.3 is 0 Å². The molecule has 27 heavy (non-hydrogen) atoms. The Hall–Kier alpha value is -2.54. The molecule has 0 fully saturated rings. The second-order valence-electron chi connectivity index (χ2n) is 6.83. The van der Waals surface area contributed by atoms with Gasteiger partial charge in [-0.25, -0.2) is 0 Å². The normalized spacial score (nSPS) is 10.4. The van der Waals surface area contributed by atoms with Crippen LogP contribution in [0.25, 0.3) is 11.1 Å². The molecule has 1 nitrogen and oxygen atoms in total. The Morgan fingerprint density at radius 3 is 2.15 bits per heavy atom. The molecule has 0 atom stereocenters. The van der Waals surface area contributed by atoms with Crippen molar-refractivity contribution in [1.82, 2.24) is 0 Å². The van der Waals surface area contributed by atoms with Crippen molar-refractivity contribution in [3.05, 3.63) is 89.5 Å². The van der Waals surface area contributed by atoms with E-state index < -0.39 is 0 Å². The number of thiocarbonyl (C=S) groups is 1.